The molecule has 2 aromatic carbocycles. The molecule has 0 aliphatic rings. The Kier molecular flexibility index (Phi) is 3.63. The van der Waals surface area contributed by atoms with E-state index in [4.69, 9.17) is 10.7 Å². The fraction of sp³-hybridized carbons (Fsp3) is 0.0526. The Morgan fingerprint density at radius 3 is 2.46 bits per heavy atom. The molecule has 0 aliphatic heterocycles. The fourth-order valence-electron chi connectivity index (χ4n) is 2.74. The fourth-order valence-corrected chi connectivity index (χ4v) is 3.72. The zero-order valence-corrected chi connectivity index (χ0v) is 14.0. The number of hydrogen-bond donors (Lipinski definition) is 2. The molecule has 2 heterocycles. The number of benzene rings is 2. The minimum absolute atomic E-state index is 0.710. The second kappa shape index (κ2) is 5.94. The average Bonchev–Trinajstić information content (AvgIpc) is 3.06. The number of aromatic nitrogens is 2. The van der Waals surface area contributed by atoms with E-state index in [9.17, 15) is 0 Å². The van der Waals surface area contributed by atoms with Gasteiger partial charge in [-0.15, -0.1) is 11.3 Å². The van der Waals surface area contributed by atoms with Crippen LogP contribution in [0.5, 0.6) is 0 Å². The smallest absolute Gasteiger partial charge is 0.135 e. The van der Waals surface area contributed by atoms with E-state index in [-0.39, 0.29) is 0 Å². The summed E-state index contributed by atoms with van der Waals surface area (Å²) in [6.07, 6.45) is 1.71. The van der Waals surface area contributed by atoms with Crippen molar-refractivity contribution in [2.75, 3.05) is 18.1 Å². The summed E-state index contributed by atoms with van der Waals surface area (Å²) in [5, 5.41) is 4.12. The summed E-state index contributed by atoms with van der Waals surface area (Å²) in [4.78, 5) is 9.05. The topological polar surface area (TPSA) is 63.8 Å². The number of hydrogen-bond acceptors (Lipinski definition) is 5. The third-order valence-corrected chi connectivity index (χ3v) is 5.02. The summed E-state index contributed by atoms with van der Waals surface area (Å²) in [6, 6.07) is 18.3. The van der Waals surface area contributed by atoms with E-state index < -0.39 is 0 Å². The normalized spacial score (nSPS) is 10.9. The monoisotopic (exact) mass is 332 g/mol. The molecule has 0 saturated carbocycles. The molecular formula is C19H16N4S. The molecule has 0 aliphatic carbocycles. The Labute approximate surface area is 144 Å². The van der Waals surface area contributed by atoms with E-state index >= 15 is 0 Å². The minimum Gasteiger partial charge on any atom is -0.398 e. The summed E-state index contributed by atoms with van der Waals surface area (Å²) >= 11 is 1.70. The lowest BCUT2D eigenvalue weighted by atomic mass is 10.0. The number of para-hydroxylation sites is 1. The van der Waals surface area contributed by atoms with Crippen molar-refractivity contribution in [2.24, 2.45) is 0 Å². The van der Waals surface area contributed by atoms with E-state index in [1.165, 1.54) is 4.70 Å². The summed E-state index contributed by atoms with van der Waals surface area (Å²) < 4.78 is 1.20. The van der Waals surface area contributed by atoms with E-state index in [0.29, 0.717) is 5.69 Å². The number of nitrogens with zero attached hydrogens (tertiary/aromatic N) is 2. The first kappa shape index (κ1) is 14.7. The van der Waals surface area contributed by atoms with Crippen molar-refractivity contribution in [3.8, 4) is 21.7 Å². The average molecular weight is 332 g/mol. The van der Waals surface area contributed by atoms with Crippen LogP contribution in [0.1, 0.15) is 0 Å². The highest BCUT2D eigenvalue weighted by Crippen LogP contribution is 2.34. The first-order valence-electron chi connectivity index (χ1n) is 7.65. The molecule has 0 amide bonds. The van der Waals surface area contributed by atoms with Crippen molar-refractivity contribution in [1.82, 2.24) is 9.97 Å². The summed E-state index contributed by atoms with van der Waals surface area (Å²) in [5.74, 6) is 0.780. The van der Waals surface area contributed by atoms with Gasteiger partial charge in [0.1, 0.15) is 10.8 Å². The minimum atomic E-state index is 0.710. The van der Waals surface area contributed by atoms with Gasteiger partial charge in [0.25, 0.3) is 0 Å². The second-order valence-corrected chi connectivity index (χ2v) is 6.47. The molecule has 4 aromatic rings. The molecule has 118 valence electrons. The van der Waals surface area contributed by atoms with E-state index in [2.05, 4.69) is 40.6 Å². The molecule has 0 atom stereocenters. The van der Waals surface area contributed by atoms with Crippen molar-refractivity contribution in [3.05, 3.63) is 60.8 Å². The molecule has 24 heavy (non-hydrogen) atoms. The number of pyridine rings is 1. The lowest BCUT2D eigenvalue weighted by Crippen LogP contribution is -1.99. The van der Waals surface area contributed by atoms with Crippen LogP contribution in [0.2, 0.25) is 0 Å². The molecular weight excluding hydrogens is 316 g/mol. The van der Waals surface area contributed by atoms with E-state index in [1.807, 2.05) is 31.3 Å². The van der Waals surface area contributed by atoms with E-state index in [0.717, 1.165) is 33.0 Å². The van der Waals surface area contributed by atoms with Crippen molar-refractivity contribution in [2.45, 2.75) is 0 Å². The molecule has 0 radical (unpaired) electrons. The van der Waals surface area contributed by atoms with Gasteiger partial charge in [-0.1, -0.05) is 36.4 Å². The van der Waals surface area contributed by atoms with Gasteiger partial charge in [0.05, 0.1) is 10.2 Å². The van der Waals surface area contributed by atoms with Crippen LogP contribution in [0.3, 0.4) is 0 Å². The van der Waals surface area contributed by atoms with Crippen LogP contribution in [0, 0.1) is 0 Å². The van der Waals surface area contributed by atoms with Crippen molar-refractivity contribution in [1.29, 1.82) is 0 Å². The molecule has 0 bridgehead atoms. The standard InChI is InChI=1S/C19H16N4S/c1-21-18-17(14(20)10-11-22-18)12-6-8-13(9-7-12)19-23-15-4-2-3-5-16(15)24-19/h2-11H,1H3,(H3,20,21,22). The van der Waals surface area contributed by atoms with Crippen molar-refractivity contribution in [3.63, 3.8) is 0 Å². The Hall–Kier alpha value is -2.92. The molecule has 0 spiro atoms. The lowest BCUT2D eigenvalue weighted by molar-refractivity contribution is 1.29. The van der Waals surface area contributed by atoms with Crippen molar-refractivity contribution < 1.29 is 0 Å². The molecule has 0 fully saturated rings. The number of fused-ring (bicyclic) bond motifs is 1. The van der Waals surface area contributed by atoms with Gasteiger partial charge in [-0.3, -0.25) is 0 Å². The number of anilines is 2. The Morgan fingerprint density at radius 2 is 1.71 bits per heavy atom. The summed E-state index contributed by atoms with van der Waals surface area (Å²) in [7, 11) is 1.85. The largest absolute Gasteiger partial charge is 0.398 e. The first-order chi connectivity index (χ1) is 11.8. The summed E-state index contributed by atoms with van der Waals surface area (Å²) in [6.45, 7) is 0. The van der Waals surface area contributed by atoms with Gasteiger partial charge in [0, 0.05) is 30.1 Å². The molecule has 5 heteroatoms. The maximum Gasteiger partial charge on any atom is 0.135 e. The number of nitrogen functional groups attached to an aromatic ring is 1. The predicted molar refractivity (Wildman–Crippen MR) is 102 cm³/mol. The van der Waals surface area contributed by atoms with Crippen LogP contribution in [0.4, 0.5) is 11.5 Å². The van der Waals surface area contributed by atoms with Gasteiger partial charge < -0.3 is 11.1 Å². The van der Waals surface area contributed by atoms with Crippen LogP contribution in [0.25, 0.3) is 31.9 Å². The highest BCUT2D eigenvalue weighted by atomic mass is 32.1. The molecule has 0 saturated heterocycles. The van der Waals surface area contributed by atoms with E-state index in [1.54, 1.807) is 17.5 Å². The molecule has 4 rings (SSSR count). The molecule has 3 N–H and O–H groups in total. The third kappa shape index (κ3) is 2.49. The third-order valence-electron chi connectivity index (χ3n) is 3.93. The van der Waals surface area contributed by atoms with Gasteiger partial charge in [-0.2, -0.15) is 0 Å². The maximum absolute atomic E-state index is 6.14. The number of rotatable bonds is 3. The zero-order chi connectivity index (χ0) is 16.5. The van der Waals surface area contributed by atoms with Gasteiger partial charge in [-0.05, 0) is 23.8 Å². The van der Waals surface area contributed by atoms with Gasteiger partial charge >= 0.3 is 0 Å². The molecule has 2 aromatic heterocycles. The quantitative estimate of drug-likeness (QED) is 0.573. The van der Waals surface area contributed by atoms with Gasteiger partial charge in [-0.25, -0.2) is 9.97 Å². The van der Waals surface area contributed by atoms with Crippen LogP contribution in [-0.2, 0) is 0 Å². The Bertz CT molecular complexity index is 972. The van der Waals surface area contributed by atoms with Crippen LogP contribution in [-0.4, -0.2) is 17.0 Å². The molecule has 0 unspecified atom stereocenters. The molecule has 4 nitrogen and oxygen atoms in total. The highest BCUT2D eigenvalue weighted by molar-refractivity contribution is 7.21. The number of nitrogens with two attached hydrogens (primary N) is 1. The van der Waals surface area contributed by atoms with Crippen molar-refractivity contribution >= 4 is 33.1 Å². The first-order valence-corrected chi connectivity index (χ1v) is 8.46. The van der Waals surface area contributed by atoms with Crippen LogP contribution in [0.15, 0.2) is 60.8 Å². The Balaban J connectivity index is 1.75. The van der Waals surface area contributed by atoms with Crippen LogP contribution < -0.4 is 11.1 Å². The highest BCUT2D eigenvalue weighted by Gasteiger charge is 2.11. The van der Waals surface area contributed by atoms with Gasteiger partial charge in [0.15, 0.2) is 0 Å². The second-order valence-electron chi connectivity index (χ2n) is 5.44. The van der Waals surface area contributed by atoms with Gasteiger partial charge in [0.2, 0.25) is 0 Å². The lowest BCUT2D eigenvalue weighted by Gasteiger charge is -2.11. The SMILES string of the molecule is CNc1nccc(N)c1-c1ccc(-c2nc3ccccc3s2)cc1. The maximum atomic E-state index is 6.14. The number of thiazole rings is 1. The summed E-state index contributed by atoms with van der Waals surface area (Å²) in [5.41, 5.74) is 11.0. The number of nitrogens with one attached hydrogen (secondary N) is 1. The Morgan fingerprint density at radius 1 is 0.958 bits per heavy atom. The zero-order valence-electron chi connectivity index (χ0n) is 13.2. The van der Waals surface area contributed by atoms with Crippen LogP contribution >= 0.6 is 11.3 Å². The predicted octanol–water partition coefficient (Wildman–Crippen LogP) is 4.65.